The second-order valence-electron chi connectivity index (χ2n) is 4.78. The summed E-state index contributed by atoms with van der Waals surface area (Å²) < 4.78 is 39.6. The monoisotopic (exact) mass is 323 g/mol. The van der Waals surface area contributed by atoms with Crippen LogP contribution in [-0.2, 0) is 10.0 Å². The second-order valence-corrected chi connectivity index (χ2v) is 7.89. The maximum atomic E-state index is 12.9. The molecule has 0 unspecified atom stereocenters. The van der Waals surface area contributed by atoms with Gasteiger partial charge < -0.3 is 0 Å². The highest BCUT2D eigenvalue weighted by atomic mass is 32.2. The molecule has 1 aromatic carbocycles. The van der Waals surface area contributed by atoms with Crippen LogP contribution >= 0.6 is 11.3 Å². The predicted molar refractivity (Wildman–Crippen MR) is 82.1 cm³/mol. The molecule has 0 aliphatic carbocycles. The first kappa shape index (κ1) is 14.4. The van der Waals surface area contributed by atoms with Gasteiger partial charge in [0.15, 0.2) is 0 Å². The normalized spacial score (nSPS) is 16.7. The molecule has 0 radical (unpaired) electrons. The summed E-state index contributed by atoms with van der Waals surface area (Å²) in [5, 5.41) is 1.76. The van der Waals surface area contributed by atoms with Gasteiger partial charge in [-0.05, 0) is 41.1 Å². The fraction of sp³-hybridized carbons (Fsp3) is 0.200. The first-order valence-corrected chi connectivity index (χ1v) is 8.88. The van der Waals surface area contributed by atoms with Crippen LogP contribution in [0, 0.1) is 5.82 Å². The summed E-state index contributed by atoms with van der Waals surface area (Å²) in [4.78, 5) is 0. The van der Waals surface area contributed by atoms with Gasteiger partial charge in [-0.2, -0.15) is 4.31 Å². The van der Waals surface area contributed by atoms with Crippen LogP contribution in [0.2, 0.25) is 0 Å². The maximum absolute atomic E-state index is 12.9. The molecule has 1 aliphatic rings. The number of halogens is 1. The van der Waals surface area contributed by atoms with Gasteiger partial charge in [0.2, 0.25) is 0 Å². The van der Waals surface area contributed by atoms with Crippen molar-refractivity contribution in [1.29, 1.82) is 0 Å². The molecule has 0 saturated heterocycles. The zero-order valence-electron chi connectivity index (χ0n) is 11.2. The van der Waals surface area contributed by atoms with Gasteiger partial charge in [0.25, 0.3) is 10.0 Å². The average molecular weight is 323 g/mol. The summed E-state index contributed by atoms with van der Waals surface area (Å²) >= 11 is 1.23. The molecule has 1 aromatic heterocycles. The van der Waals surface area contributed by atoms with Crippen molar-refractivity contribution in [3.05, 3.63) is 59.2 Å². The smallest absolute Gasteiger partial charge is 0.207 e. The summed E-state index contributed by atoms with van der Waals surface area (Å²) in [6.07, 6.45) is 2.54. The third-order valence-corrected chi connectivity index (χ3v) is 6.71. The van der Waals surface area contributed by atoms with E-state index in [4.69, 9.17) is 0 Å². The second kappa shape index (κ2) is 5.71. The van der Waals surface area contributed by atoms with E-state index in [-0.39, 0.29) is 5.82 Å². The molecule has 6 heteroatoms. The summed E-state index contributed by atoms with van der Waals surface area (Å²) in [6, 6.07) is 9.66. The van der Waals surface area contributed by atoms with Crippen LogP contribution in [0.5, 0.6) is 0 Å². The Labute approximate surface area is 127 Å². The summed E-state index contributed by atoms with van der Waals surface area (Å²) in [6.45, 7) is 0.802. The van der Waals surface area contributed by atoms with Crippen molar-refractivity contribution in [3.8, 4) is 0 Å². The first-order valence-electron chi connectivity index (χ1n) is 6.56. The molecular weight excluding hydrogens is 309 g/mol. The van der Waals surface area contributed by atoms with E-state index >= 15 is 0 Å². The lowest BCUT2D eigenvalue weighted by atomic mass is 10.0. The molecular formula is C15H14FNO2S2. The van der Waals surface area contributed by atoms with Crippen molar-refractivity contribution in [1.82, 2.24) is 4.31 Å². The van der Waals surface area contributed by atoms with Crippen LogP contribution in [-0.4, -0.2) is 25.8 Å². The van der Waals surface area contributed by atoms with E-state index in [0.29, 0.717) is 23.7 Å². The molecule has 2 heterocycles. The Morgan fingerprint density at radius 3 is 2.48 bits per heavy atom. The van der Waals surface area contributed by atoms with Crippen LogP contribution in [0.25, 0.3) is 5.57 Å². The highest BCUT2D eigenvalue weighted by Gasteiger charge is 2.26. The molecule has 0 bridgehead atoms. The Bertz CT molecular complexity index is 749. The lowest BCUT2D eigenvalue weighted by Gasteiger charge is -2.25. The molecule has 3 rings (SSSR count). The number of sulfonamides is 1. The Balaban J connectivity index is 1.79. The minimum atomic E-state index is -3.38. The van der Waals surface area contributed by atoms with Crippen LogP contribution < -0.4 is 0 Å². The maximum Gasteiger partial charge on any atom is 0.252 e. The minimum Gasteiger partial charge on any atom is -0.207 e. The Kier molecular flexibility index (Phi) is 3.93. The van der Waals surface area contributed by atoms with Crippen molar-refractivity contribution >= 4 is 26.9 Å². The van der Waals surface area contributed by atoms with Crippen LogP contribution in [0.15, 0.2) is 52.1 Å². The van der Waals surface area contributed by atoms with Crippen molar-refractivity contribution in [3.63, 3.8) is 0 Å². The van der Waals surface area contributed by atoms with Gasteiger partial charge in [-0.3, -0.25) is 0 Å². The molecule has 0 atom stereocenters. The molecule has 0 amide bonds. The van der Waals surface area contributed by atoms with Gasteiger partial charge >= 0.3 is 0 Å². The number of benzene rings is 1. The first-order chi connectivity index (χ1) is 10.1. The van der Waals surface area contributed by atoms with Crippen molar-refractivity contribution in [2.45, 2.75) is 10.6 Å². The zero-order chi connectivity index (χ0) is 14.9. The fourth-order valence-corrected chi connectivity index (χ4v) is 4.86. The predicted octanol–water partition coefficient (Wildman–Crippen LogP) is 3.37. The van der Waals surface area contributed by atoms with Gasteiger partial charge in [-0.15, -0.1) is 11.3 Å². The van der Waals surface area contributed by atoms with Crippen LogP contribution in [0.4, 0.5) is 4.39 Å². The van der Waals surface area contributed by atoms with Crippen LogP contribution in [0.3, 0.4) is 0 Å². The van der Waals surface area contributed by atoms with Crippen molar-refractivity contribution in [2.75, 3.05) is 13.1 Å². The number of rotatable bonds is 3. The van der Waals surface area contributed by atoms with E-state index in [0.717, 1.165) is 11.1 Å². The molecule has 21 heavy (non-hydrogen) atoms. The van der Waals surface area contributed by atoms with Gasteiger partial charge in [0.05, 0.1) is 0 Å². The highest BCUT2D eigenvalue weighted by Crippen LogP contribution is 2.27. The quantitative estimate of drug-likeness (QED) is 0.868. The van der Waals surface area contributed by atoms with E-state index in [9.17, 15) is 12.8 Å². The Morgan fingerprint density at radius 2 is 1.90 bits per heavy atom. The minimum absolute atomic E-state index is 0.267. The summed E-state index contributed by atoms with van der Waals surface area (Å²) in [5.74, 6) is -0.267. The number of hydrogen-bond donors (Lipinski definition) is 0. The summed E-state index contributed by atoms with van der Waals surface area (Å²) in [7, 11) is -3.38. The molecule has 3 nitrogen and oxygen atoms in total. The van der Waals surface area contributed by atoms with E-state index < -0.39 is 10.0 Å². The van der Waals surface area contributed by atoms with Crippen molar-refractivity contribution < 1.29 is 12.8 Å². The lowest BCUT2D eigenvalue weighted by molar-refractivity contribution is 0.442. The molecule has 0 N–H and O–H groups in total. The molecule has 2 aromatic rings. The number of hydrogen-bond acceptors (Lipinski definition) is 3. The third-order valence-electron chi connectivity index (χ3n) is 3.48. The molecule has 0 fully saturated rings. The summed E-state index contributed by atoms with van der Waals surface area (Å²) in [5.41, 5.74) is 2.01. The fourth-order valence-electron chi connectivity index (χ4n) is 2.33. The zero-order valence-corrected chi connectivity index (χ0v) is 12.8. The largest absolute Gasteiger partial charge is 0.252 e. The number of nitrogens with zero attached hydrogens (tertiary/aromatic N) is 1. The average Bonchev–Trinajstić information content (AvgIpc) is 3.03. The highest BCUT2D eigenvalue weighted by molar-refractivity contribution is 7.91. The van der Waals surface area contributed by atoms with E-state index in [2.05, 4.69) is 0 Å². The number of thiophene rings is 1. The molecule has 110 valence electrons. The van der Waals surface area contributed by atoms with Gasteiger partial charge in [0, 0.05) is 13.1 Å². The standard InChI is InChI=1S/C15H14FNO2S2/c16-14-5-3-12(4-6-14)13-7-9-17(10-8-13)21(18,19)15-2-1-11-20-15/h1-7,11H,8-10H2. The molecule has 1 aliphatic heterocycles. The Morgan fingerprint density at radius 1 is 1.14 bits per heavy atom. The van der Waals surface area contributed by atoms with E-state index in [1.54, 1.807) is 29.6 Å². The third kappa shape index (κ3) is 2.92. The van der Waals surface area contributed by atoms with Crippen molar-refractivity contribution in [2.24, 2.45) is 0 Å². The Hall–Kier alpha value is -1.50. The SMILES string of the molecule is O=S(=O)(c1cccs1)N1CC=C(c2ccc(F)cc2)CC1. The van der Waals surface area contributed by atoms with Gasteiger partial charge in [0.1, 0.15) is 10.0 Å². The lowest BCUT2D eigenvalue weighted by Crippen LogP contribution is -2.34. The van der Waals surface area contributed by atoms with Gasteiger partial charge in [-0.1, -0.05) is 24.3 Å². The van der Waals surface area contributed by atoms with E-state index in [1.807, 2.05) is 6.08 Å². The molecule has 0 saturated carbocycles. The molecule has 0 spiro atoms. The van der Waals surface area contributed by atoms with Crippen LogP contribution in [0.1, 0.15) is 12.0 Å². The topological polar surface area (TPSA) is 37.4 Å². The van der Waals surface area contributed by atoms with E-state index in [1.165, 1.54) is 27.8 Å². The van der Waals surface area contributed by atoms with Gasteiger partial charge in [-0.25, -0.2) is 12.8 Å².